The molecule has 1 N–H and O–H groups in total. The van der Waals surface area contributed by atoms with Gasteiger partial charge in [-0.05, 0) is 18.2 Å². The third-order valence-electron chi connectivity index (χ3n) is 3.53. The lowest BCUT2D eigenvalue weighted by molar-refractivity contribution is -0.143. The van der Waals surface area contributed by atoms with Crippen LogP contribution in [0.1, 0.15) is 5.69 Å². The first kappa shape index (κ1) is 16.6. The fraction of sp³-hybridized carbons (Fsp3) is 0.167. The average Bonchev–Trinajstić information content (AvgIpc) is 2.63. The maximum absolute atomic E-state index is 13.4. The molecule has 7 heteroatoms. The molecule has 0 radical (unpaired) electrons. The largest absolute Gasteiger partial charge is 0.487 e. The van der Waals surface area contributed by atoms with Gasteiger partial charge in [0.15, 0.2) is 11.6 Å². The van der Waals surface area contributed by atoms with E-state index in [1.807, 2.05) is 0 Å². The first-order valence-electron chi connectivity index (χ1n) is 7.64. The van der Waals surface area contributed by atoms with Gasteiger partial charge in [-0.25, -0.2) is 9.49 Å². The van der Waals surface area contributed by atoms with E-state index in [0.29, 0.717) is 16.5 Å². The second-order valence-corrected chi connectivity index (χ2v) is 5.22. The van der Waals surface area contributed by atoms with Gasteiger partial charge in [0.05, 0.1) is 17.5 Å². The molecule has 6 nitrogen and oxygen atoms in total. The number of carbonyl (C=O) groups excluding carboxylic acids is 1. The first-order chi connectivity index (χ1) is 12.1. The van der Waals surface area contributed by atoms with Gasteiger partial charge in [-0.1, -0.05) is 30.3 Å². The zero-order valence-corrected chi connectivity index (χ0v) is 13.2. The summed E-state index contributed by atoms with van der Waals surface area (Å²) in [6.45, 7) is 0.0148. The molecule has 128 valence electrons. The number of fused-ring (bicyclic) bond motifs is 1. The fourth-order valence-corrected chi connectivity index (χ4v) is 2.36. The molecule has 0 fully saturated rings. The highest BCUT2D eigenvalue weighted by Gasteiger charge is 2.12. The van der Waals surface area contributed by atoms with Crippen molar-refractivity contribution >= 4 is 16.7 Å². The molecule has 1 heterocycles. The van der Waals surface area contributed by atoms with E-state index in [-0.39, 0.29) is 30.9 Å². The SMILES string of the molecule is O=C(Cc1n[nH]c(=O)c2ccccc12)OCCOc1ccccc1F. The second kappa shape index (κ2) is 7.57. The number of nitrogens with zero attached hydrogens (tertiary/aromatic N) is 1. The van der Waals surface area contributed by atoms with Crippen molar-refractivity contribution < 1.29 is 18.7 Å². The fourth-order valence-electron chi connectivity index (χ4n) is 2.36. The number of H-pyrrole nitrogens is 1. The van der Waals surface area contributed by atoms with Crippen LogP contribution in [0.15, 0.2) is 53.3 Å². The monoisotopic (exact) mass is 342 g/mol. The summed E-state index contributed by atoms with van der Waals surface area (Å²) in [5.41, 5.74) is 0.112. The van der Waals surface area contributed by atoms with Crippen LogP contribution in [0, 0.1) is 5.82 Å². The Morgan fingerprint density at radius 3 is 2.56 bits per heavy atom. The number of benzene rings is 2. The lowest BCUT2D eigenvalue weighted by Gasteiger charge is -2.08. The molecule has 0 amide bonds. The molecule has 2 aromatic carbocycles. The molecule has 3 rings (SSSR count). The van der Waals surface area contributed by atoms with Crippen molar-refractivity contribution in [3.63, 3.8) is 0 Å². The van der Waals surface area contributed by atoms with Crippen LogP contribution < -0.4 is 10.3 Å². The Balaban J connectivity index is 1.56. The van der Waals surface area contributed by atoms with Gasteiger partial charge in [0.25, 0.3) is 5.56 Å². The molecule has 0 atom stereocenters. The number of rotatable bonds is 6. The predicted molar refractivity (Wildman–Crippen MR) is 88.9 cm³/mol. The number of para-hydroxylation sites is 1. The van der Waals surface area contributed by atoms with E-state index >= 15 is 0 Å². The van der Waals surface area contributed by atoms with Gasteiger partial charge in [0.2, 0.25) is 0 Å². The number of aromatic nitrogens is 2. The van der Waals surface area contributed by atoms with E-state index in [2.05, 4.69) is 10.2 Å². The maximum atomic E-state index is 13.4. The van der Waals surface area contributed by atoms with E-state index in [4.69, 9.17) is 9.47 Å². The zero-order valence-electron chi connectivity index (χ0n) is 13.2. The quantitative estimate of drug-likeness (QED) is 0.549. The van der Waals surface area contributed by atoms with E-state index < -0.39 is 11.8 Å². The van der Waals surface area contributed by atoms with Crippen LogP contribution in [0.3, 0.4) is 0 Å². The van der Waals surface area contributed by atoms with Crippen LogP contribution in [0.5, 0.6) is 5.75 Å². The van der Waals surface area contributed by atoms with E-state index in [1.54, 1.807) is 36.4 Å². The number of aromatic amines is 1. The summed E-state index contributed by atoms with van der Waals surface area (Å²) in [5.74, 6) is -0.883. The Labute approximate surface area is 142 Å². The molecule has 0 saturated heterocycles. The lowest BCUT2D eigenvalue weighted by atomic mass is 10.1. The summed E-state index contributed by atoms with van der Waals surface area (Å²) < 4.78 is 23.7. The van der Waals surface area contributed by atoms with Gasteiger partial charge >= 0.3 is 5.97 Å². The molecule has 0 bridgehead atoms. The van der Waals surface area contributed by atoms with Crippen LogP contribution >= 0.6 is 0 Å². The molecule has 0 aliphatic carbocycles. The second-order valence-electron chi connectivity index (χ2n) is 5.22. The summed E-state index contributed by atoms with van der Waals surface area (Å²) >= 11 is 0. The van der Waals surface area contributed by atoms with Gasteiger partial charge < -0.3 is 9.47 Å². The molecular weight excluding hydrogens is 327 g/mol. The van der Waals surface area contributed by atoms with Crippen LogP contribution in [-0.2, 0) is 16.0 Å². The maximum Gasteiger partial charge on any atom is 0.312 e. The molecule has 0 saturated carbocycles. The Bertz CT molecular complexity index is 955. The minimum absolute atomic E-state index is 0.0194. The number of hydrogen-bond acceptors (Lipinski definition) is 5. The number of carbonyl (C=O) groups is 1. The third kappa shape index (κ3) is 4.00. The van der Waals surface area contributed by atoms with Crippen LogP contribution in [-0.4, -0.2) is 29.4 Å². The highest BCUT2D eigenvalue weighted by Crippen LogP contribution is 2.15. The highest BCUT2D eigenvalue weighted by molar-refractivity contribution is 5.86. The molecule has 0 spiro atoms. The summed E-state index contributed by atoms with van der Waals surface area (Å²) in [7, 11) is 0. The Hall–Kier alpha value is -3.22. The van der Waals surface area contributed by atoms with E-state index in [1.165, 1.54) is 12.1 Å². The molecule has 0 aliphatic heterocycles. The van der Waals surface area contributed by atoms with Gasteiger partial charge in [0.1, 0.15) is 13.2 Å². The summed E-state index contributed by atoms with van der Waals surface area (Å²) in [5, 5.41) is 7.34. The van der Waals surface area contributed by atoms with Crippen molar-refractivity contribution in [3.05, 3.63) is 70.4 Å². The number of ether oxygens (including phenoxy) is 2. The number of esters is 1. The molecule has 1 aromatic heterocycles. The number of halogens is 1. The van der Waals surface area contributed by atoms with Gasteiger partial charge in [0, 0.05) is 5.39 Å². The normalized spacial score (nSPS) is 10.6. The van der Waals surface area contributed by atoms with Crippen molar-refractivity contribution in [1.82, 2.24) is 10.2 Å². The molecule has 3 aromatic rings. The molecule has 0 unspecified atom stereocenters. The zero-order chi connectivity index (χ0) is 17.6. The predicted octanol–water partition coefficient (Wildman–Crippen LogP) is 2.23. The van der Waals surface area contributed by atoms with Crippen molar-refractivity contribution in [2.45, 2.75) is 6.42 Å². The summed E-state index contributed by atoms with van der Waals surface area (Å²) in [4.78, 5) is 23.6. The third-order valence-corrected chi connectivity index (χ3v) is 3.53. The number of hydrogen-bond donors (Lipinski definition) is 1. The van der Waals surface area contributed by atoms with Crippen LogP contribution in [0.2, 0.25) is 0 Å². The van der Waals surface area contributed by atoms with E-state index in [9.17, 15) is 14.0 Å². The van der Waals surface area contributed by atoms with Crippen LogP contribution in [0.25, 0.3) is 10.8 Å². The smallest absolute Gasteiger partial charge is 0.312 e. The Morgan fingerprint density at radius 2 is 1.76 bits per heavy atom. The summed E-state index contributed by atoms with van der Waals surface area (Å²) in [6, 6.07) is 12.9. The van der Waals surface area contributed by atoms with Crippen molar-refractivity contribution in [1.29, 1.82) is 0 Å². The van der Waals surface area contributed by atoms with Crippen molar-refractivity contribution in [2.75, 3.05) is 13.2 Å². The molecule has 0 aliphatic rings. The van der Waals surface area contributed by atoms with E-state index in [0.717, 1.165) is 0 Å². The Morgan fingerprint density at radius 1 is 1.04 bits per heavy atom. The minimum Gasteiger partial charge on any atom is -0.487 e. The first-order valence-corrected chi connectivity index (χ1v) is 7.64. The standard InChI is InChI=1S/C18H15FN2O4/c19-14-7-3-4-8-16(14)24-9-10-25-17(22)11-15-12-5-1-2-6-13(12)18(23)21-20-15/h1-8H,9-11H2,(H,21,23). The Kier molecular flexibility index (Phi) is 5.03. The molecular formula is C18H15FN2O4. The average molecular weight is 342 g/mol. The van der Waals surface area contributed by atoms with Gasteiger partial charge in [-0.15, -0.1) is 0 Å². The van der Waals surface area contributed by atoms with Crippen molar-refractivity contribution in [2.24, 2.45) is 0 Å². The number of nitrogens with one attached hydrogen (secondary N) is 1. The summed E-state index contributed by atoms with van der Waals surface area (Å²) in [6.07, 6.45) is -0.0863. The van der Waals surface area contributed by atoms with Gasteiger partial charge in [-0.2, -0.15) is 5.10 Å². The molecule has 25 heavy (non-hydrogen) atoms. The van der Waals surface area contributed by atoms with Crippen LogP contribution in [0.4, 0.5) is 4.39 Å². The van der Waals surface area contributed by atoms with Crippen molar-refractivity contribution in [3.8, 4) is 5.75 Å². The van der Waals surface area contributed by atoms with Gasteiger partial charge in [-0.3, -0.25) is 9.59 Å². The topological polar surface area (TPSA) is 81.3 Å². The minimum atomic E-state index is -0.512. The lowest BCUT2D eigenvalue weighted by Crippen LogP contribution is -2.17. The highest BCUT2D eigenvalue weighted by atomic mass is 19.1.